The Morgan fingerprint density at radius 1 is 1.50 bits per heavy atom. The zero-order valence-corrected chi connectivity index (χ0v) is 9.03. The maximum atomic E-state index is 11.4. The lowest BCUT2D eigenvalue weighted by Gasteiger charge is -2.33. The van der Waals surface area contributed by atoms with Gasteiger partial charge in [0.25, 0.3) is 5.91 Å². The number of nitrogens with two attached hydrogens (primary N) is 1. The third-order valence-electron chi connectivity index (χ3n) is 3.04. The van der Waals surface area contributed by atoms with Gasteiger partial charge in [-0.1, -0.05) is 13.8 Å². The molecular formula is C10H20N2O2. The third-order valence-corrected chi connectivity index (χ3v) is 3.04. The summed E-state index contributed by atoms with van der Waals surface area (Å²) >= 11 is 0. The number of carbonyl (C=O) groups is 1. The number of hydrogen-bond donors (Lipinski definition) is 1. The summed E-state index contributed by atoms with van der Waals surface area (Å²) in [5, 5.41) is 0. The topological polar surface area (TPSA) is 55.6 Å². The van der Waals surface area contributed by atoms with Crippen LogP contribution in [0.4, 0.5) is 0 Å². The molecule has 0 aliphatic carbocycles. The zero-order chi connectivity index (χ0) is 10.6. The van der Waals surface area contributed by atoms with E-state index in [2.05, 4.69) is 18.7 Å². The average Bonchev–Trinajstić information content (AvgIpc) is 2.18. The van der Waals surface area contributed by atoms with Gasteiger partial charge in [0, 0.05) is 13.1 Å². The van der Waals surface area contributed by atoms with Crippen LogP contribution in [-0.2, 0) is 9.63 Å². The van der Waals surface area contributed by atoms with E-state index in [4.69, 9.17) is 5.90 Å². The number of carbonyl (C=O) groups excluding carboxylic acids is 1. The molecule has 2 N–H and O–H groups in total. The van der Waals surface area contributed by atoms with Crippen LogP contribution in [0.15, 0.2) is 0 Å². The van der Waals surface area contributed by atoms with E-state index >= 15 is 0 Å². The molecule has 0 atom stereocenters. The van der Waals surface area contributed by atoms with Crippen molar-refractivity contribution in [3.63, 3.8) is 0 Å². The Balaban J connectivity index is 2.31. The van der Waals surface area contributed by atoms with E-state index in [9.17, 15) is 4.79 Å². The van der Waals surface area contributed by atoms with Gasteiger partial charge >= 0.3 is 0 Å². The Morgan fingerprint density at radius 3 is 2.50 bits per heavy atom. The van der Waals surface area contributed by atoms with Crippen LogP contribution in [0, 0.1) is 11.8 Å². The van der Waals surface area contributed by atoms with Crippen molar-refractivity contribution in [2.45, 2.75) is 26.7 Å². The molecule has 0 unspecified atom stereocenters. The van der Waals surface area contributed by atoms with Gasteiger partial charge in [0.15, 0.2) is 0 Å². The Bertz CT molecular complexity index is 187. The second-order valence-corrected chi connectivity index (χ2v) is 4.27. The highest BCUT2D eigenvalue weighted by Gasteiger charge is 2.24. The van der Waals surface area contributed by atoms with Gasteiger partial charge in [-0.2, -0.15) is 0 Å². The quantitative estimate of drug-likeness (QED) is 0.685. The highest BCUT2D eigenvalue weighted by molar-refractivity contribution is 5.77. The van der Waals surface area contributed by atoms with E-state index in [1.54, 1.807) is 0 Å². The summed E-state index contributed by atoms with van der Waals surface area (Å²) < 4.78 is 0. The van der Waals surface area contributed by atoms with Crippen LogP contribution in [-0.4, -0.2) is 30.5 Å². The fourth-order valence-corrected chi connectivity index (χ4v) is 1.98. The molecule has 0 bridgehead atoms. The molecule has 0 radical (unpaired) electrons. The van der Waals surface area contributed by atoms with Crippen molar-refractivity contribution in [2.75, 3.05) is 19.7 Å². The minimum Gasteiger partial charge on any atom is -0.341 e. The van der Waals surface area contributed by atoms with E-state index in [1.807, 2.05) is 4.90 Å². The van der Waals surface area contributed by atoms with Crippen LogP contribution in [0.5, 0.6) is 0 Å². The molecule has 14 heavy (non-hydrogen) atoms. The molecule has 0 spiro atoms. The summed E-state index contributed by atoms with van der Waals surface area (Å²) in [7, 11) is 0. The molecule has 1 rings (SSSR count). The van der Waals surface area contributed by atoms with Gasteiger partial charge in [-0.15, -0.1) is 0 Å². The smallest absolute Gasteiger partial charge is 0.250 e. The van der Waals surface area contributed by atoms with Crippen LogP contribution in [0.1, 0.15) is 26.7 Å². The van der Waals surface area contributed by atoms with E-state index in [0.29, 0.717) is 0 Å². The summed E-state index contributed by atoms with van der Waals surface area (Å²) in [6, 6.07) is 0. The maximum absolute atomic E-state index is 11.4. The molecule has 1 heterocycles. The Morgan fingerprint density at radius 2 is 2.07 bits per heavy atom. The lowest BCUT2D eigenvalue weighted by Crippen LogP contribution is -2.41. The molecule has 4 heteroatoms. The molecule has 82 valence electrons. The predicted molar refractivity (Wildman–Crippen MR) is 54.3 cm³/mol. The monoisotopic (exact) mass is 200 g/mol. The number of amides is 1. The van der Waals surface area contributed by atoms with Gasteiger partial charge in [-0.05, 0) is 24.7 Å². The highest BCUT2D eigenvalue weighted by atomic mass is 16.6. The van der Waals surface area contributed by atoms with Crippen LogP contribution in [0.2, 0.25) is 0 Å². The number of nitrogens with zero attached hydrogens (tertiary/aromatic N) is 1. The Hall–Kier alpha value is -0.610. The minimum absolute atomic E-state index is 0.00629. The molecule has 1 aliphatic rings. The second-order valence-electron chi connectivity index (χ2n) is 4.27. The second kappa shape index (κ2) is 5.32. The number of rotatable bonds is 3. The van der Waals surface area contributed by atoms with Crippen molar-refractivity contribution in [1.82, 2.24) is 4.90 Å². The SMILES string of the molecule is CC(C)C1CCN(C(=O)CON)CC1. The molecule has 0 aromatic heterocycles. The first-order valence-electron chi connectivity index (χ1n) is 5.24. The van der Waals surface area contributed by atoms with Crippen molar-refractivity contribution >= 4 is 5.91 Å². The maximum Gasteiger partial charge on any atom is 0.250 e. The van der Waals surface area contributed by atoms with Crippen molar-refractivity contribution < 1.29 is 9.63 Å². The van der Waals surface area contributed by atoms with E-state index in [0.717, 1.165) is 37.8 Å². The third kappa shape index (κ3) is 2.96. The summed E-state index contributed by atoms with van der Waals surface area (Å²) in [5.41, 5.74) is 0. The summed E-state index contributed by atoms with van der Waals surface area (Å²) in [5.74, 6) is 6.36. The average molecular weight is 200 g/mol. The normalized spacial score (nSPS) is 19.0. The van der Waals surface area contributed by atoms with Crippen LogP contribution in [0.3, 0.4) is 0 Å². The summed E-state index contributed by atoms with van der Waals surface area (Å²) in [6.07, 6.45) is 2.21. The highest BCUT2D eigenvalue weighted by Crippen LogP contribution is 2.24. The van der Waals surface area contributed by atoms with E-state index in [1.165, 1.54) is 0 Å². The summed E-state index contributed by atoms with van der Waals surface area (Å²) in [4.78, 5) is 17.6. The zero-order valence-electron chi connectivity index (χ0n) is 9.03. The fraction of sp³-hybridized carbons (Fsp3) is 0.900. The Kier molecular flexibility index (Phi) is 4.35. The number of likely N-dealkylation sites (tertiary alicyclic amines) is 1. The van der Waals surface area contributed by atoms with E-state index < -0.39 is 0 Å². The molecule has 1 aliphatic heterocycles. The van der Waals surface area contributed by atoms with Gasteiger partial charge in [0.2, 0.25) is 0 Å². The van der Waals surface area contributed by atoms with E-state index in [-0.39, 0.29) is 12.5 Å². The van der Waals surface area contributed by atoms with Crippen molar-refractivity contribution in [3.8, 4) is 0 Å². The van der Waals surface area contributed by atoms with Gasteiger partial charge in [-0.25, -0.2) is 5.90 Å². The molecule has 1 fully saturated rings. The first-order valence-corrected chi connectivity index (χ1v) is 5.24. The van der Waals surface area contributed by atoms with Gasteiger partial charge < -0.3 is 4.90 Å². The van der Waals surface area contributed by atoms with Crippen molar-refractivity contribution in [3.05, 3.63) is 0 Å². The lowest BCUT2D eigenvalue weighted by molar-refractivity contribution is -0.137. The Labute approximate surface area is 85.3 Å². The summed E-state index contributed by atoms with van der Waals surface area (Å²) in [6.45, 7) is 6.19. The first-order chi connectivity index (χ1) is 6.65. The largest absolute Gasteiger partial charge is 0.341 e. The van der Waals surface area contributed by atoms with Crippen LogP contribution < -0.4 is 5.90 Å². The van der Waals surface area contributed by atoms with Crippen molar-refractivity contribution in [2.24, 2.45) is 17.7 Å². The predicted octanol–water partition coefficient (Wildman–Crippen LogP) is 0.771. The molecule has 0 saturated carbocycles. The lowest BCUT2D eigenvalue weighted by atomic mass is 9.87. The van der Waals surface area contributed by atoms with Crippen molar-refractivity contribution in [1.29, 1.82) is 0 Å². The standard InChI is InChI=1S/C10H20N2O2/c1-8(2)9-3-5-12(6-4-9)10(13)7-14-11/h8-9H,3-7,11H2,1-2H3. The molecule has 0 aromatic rings. The van der Waals surface area contributed by atoms with Gasteiger partial charge in [0.1, 0.15) is 6.61 Å². The number of hydrogen-bond acceptors (Lipinski definition) is 3. The van der Waals surface area contributed by atoms with Gasteiger partial charge in [-0.3, -0.25) is 9.63 Å². The van der Waals surface area contributed by atoms with Gasteiger partial charge in [0.05, 0.1) is 0 Å². The molecule has 1 amide bonds. The molecule has 4 nitrogen and oxygen atoms in total. The van der Waals surface area contributed by atoms with Crippen LogP contribution >= 0.6 is 0 Å². The molecular weight excluding hydrogens is 180 g/mol. The number of piperidine rings is 1. The fourth-order valence-electron chi connectivity index (χ4n) is 1.98. The molecule has 0 aromatic carbocycles. The molecule has 1 saturated heterocycles. The minimum atomic E-state index is 0.00629. The first kappa shape index (κ1) is 11.5. The van der Waals surface area contributed by atoms with Crippen LogP contribution in [0.25, 0.3) is 0 Å².